The van der Waals surface area contributed by atoms with Gasteiger partial charge in [0.15, 0.2) is 0 Å². The van der Waals surface area contributed by atoms with Gasteiger partial charge in [0.25, 0.3) is 0 Å². The van der Waals surface area contributed by atoms with E-state index in [1.807, 2.05) is 36.2 Å². The van der Waals surface area contributed by atoms with Gasteiger partial charge in [0.2, 0.25) is 5.91 Å². The van der Waals surface area contributed by atoms with Gasteiger partial charge in [0.05, 0.1) is 18.2 Å². The highest BCUT2D eigenvalue weighted by Crippen LogP contribution is 2.24. The lowest BCUT2D eigenvalue weighted by molar-refractivity contribution is -0.131. The minimum absolute atomic E-state index is 0.00919. The Labute approximate surface area is 166 Å². The van der Waals surface area contributed by atoms with Crippen LogP contribution in [0.3, 0.4) is 0 Å². The standard InChI is InChI=1S/C23H26N4O/c1-17(19-9-11-22(12-10-19)27-16-24-15-25-27)26(2)23(28)14-18-7-8-20-5-3-4-6-21(20)13-18/h7-13,15-17H,3-6,14H2,1-2H3/t17-/m0/s1. The van der Waals surface area contributed by atoms with Crippen molar-refractivity contribution < 1.29 is 4.79 Å². The summed E-state index contributed by atoms with van der Waals surface area (Å²) in [5.74, 6) is 0.142. The van der Waals surface area contributed by atoms with Gasteiger partial charge in [0.1, 0.15) is 12.7 Å². The lowest BCUT2D eigenvalue weighted by atomic mass is 9.90. The van der Waals surface area contributed by atoms with Crippen LogP contribution in [0.15, 0.2) is 55.1 Å². The second kappa shape index (κ2) is 7.97. The van der Waals surface area contributed by atoms with Crippen LogP contribution < -0.4 is 0 Å². The lowest BCUT2D eigenvalue weighted by Gasteiger charge is -2.26. The molecule has 0 saturated heterocycles. The number of hydrogen-bond donors (Lipinski definition) is 0. The SMILES string of the molecule is C[C@@H](c1ccc(-n2cncn2)cc1)N(C)C(=O)Cc1ccc2c(c1)CCCC2. The van der Waals surface area contributed by atoms with Crippen LogP contribution in [0.4, 0.5) is 0 Å². The third-order valence-electron chi connectivity index (χ3n) is 5.80. The smallest absolute Gasteiger partial charge is 0.227 e. The number of rotatable bonds is 5. The van der Waals surface area contributed by atoms with Crippen LogP contribution in [0.1, 0.15) is 48.1 Å². The number of carbonyl (C=O) groups excluding carboxylic acids is 1. The summed E-state index contributed by atoms with van der Waals surface area (Å²) in [6.45, 7) is 2.06. The Morgan fingerprint density at radius 3 is 2.57 bits per heavy atom. The van der Waals surface area contributed by atoms with Gasteiger partial charge in [-0.05, 0) is 67.0 Å². The largest absolute Gasteiger partial charge is 0.339 e. The summed E-state index contributed by atoms with van der Waals surface area (Å²) in [6.07, 6.45) is 8.49. The molecular formula is C23H26N4O. The molecule has 0 unspecified atom stereocenters. The van der Waals surface area contributed by atoms with Gasteiger partial charge in [-0.15, -0.1) is 0 Å². The van der Waals surface area contributed by atoms with Crippen LogP contribution in [0.25, 0.3) is 5.69 Å². The first-order valence-corrected chi connectivity index (χ1v) is 9.93. The Kier molecular flexibility index (Phi) is 5.24. The first-order chi connectivity index (χ1) is 13.6. The summed E-state index contributed by atoms with van der Waals surface area (Å²) < 4.78 is 1.72. The number of fused-ring (bicyclic) bond motifs is 1. The molecule has 2 aromatic carbocycles. The van der Waals surface area contributed by atoms with E-state index < -0.39 is 0 Å². The van der Waals surface area contributed by atoms with Gasteiger partial charge in [-0.3, -0.25) is 4.79 Å². The van der Waals surface area contributed by atoms with Crippen molar-refractivity contribution in [2.75, 3.05) is 7.05 Å². The third kappa shape index (κ3) is 3.84. The molecule has 5 nitrogen and oxygen atoms in total. The maximum absolute atomic E-state index is 12.9. The van der Waals surface area contributed by atoms with Crippen LogP contribution in [0.5, 0.6) is 0 Å². The molecule has 0 bridgehead atoms. The molecule has 0 N–H and O–H groups in total. The molecule has 5 heteroatoms. The molecule has 0 radical (unpaired) electrons. The summed E-state index contributed by atoms with van der Waals surface area (Å²) in [6, 6.07) is 14.7. The molecule has 1 amide bonds. The van der Waals surface area contributed by atoms with Crippen LogP contribution in [-0.4, -0.2) is 32.6 Å². The number of likely N-dealkylation sites (N-methyl/N-ethyl adjacent to an activating group) is 1. The van der Waals surface area contributed by atoms with Crippen LogP contribution in [0.2, 0.25) is 0 Å². The highest BCUT2D eigenvalue weighted by atomic mass is 16.2. The number of benzene rings is 2. The van der Waals surface area contributed by atoms with E-state index in [0.717, 1.165) is 23.2 Å². The monoisotopic (exact) mass is 374 g/mol. The normalized spacial score (nSPS) is 14.4. The summed E-state index contributed by atoms with van der Waals surface area (Å²) in [5.41, 5.74) is 6.06. The molecule has 1 aliphatic rings. The van der Waals surface area contributed by atoms with Crippen molar-refractivity contribution in [1.82, 2.24) is 19.7 Å². The van der Waals surface area contributed by atoms with Crippen molar-refractivity contribution in [1.29, 1.82) is 0 Å². The summed E-state index contributed by atoms with van der Waals surface area (Å²) in [5, 5.41) is 4.14. The van der Waals surface area contributed by atoms with E-state index in [2.05, 4.69) is 35.2 Å². The highest BCUT2D eigenvalue weighted by Gasteiger charge is 2.19. The zero-order chi connectivity index (χ0) is 19.5. The van der Waals surface area contributed by atoms with Gasteiger partial charge in [-0.25, -0.2) is 9.67 Å². The van der Waals surface area contributed by atoms with Crippen LogP contribution in [-0.2, 0) is 24.1 Å². The fourth-order valence-electron chi connectivity index (χ4n) is 3.88. The topological polar surface area (TPSA) is 51.0 Å². The zero-order valence-electron chi connectivity index (χ0n) is 16.5. The van der Waals surface area contributed by atoms with Crippen LogP contribution >= 0.6 is 0 Å². The molecule has 0 fully saturated rings. The number of hydrogen-bond acceptors (Lipinski definition) is 3. The molecule has 1 aromatic heterocycles. The van der Waals surface area contributed by atoms with E-state index in [1.165, 1.54) is 36.7 Å². The van der Waals surface area contributed by atoms with Crippen molar-refractivity contribution in [3.63, 3.8) is 0 Å². The number of aromatic nitrogens is 3. The molecule has 0 aliphatic heterocycles. The van der Waals surface area contributed by atoms with Gasteiger partial charge >= 0.3 is 0 Å². The van der Waals surface area contributed by atoms with Crippen molar-refractivity contribution in [3.8, 4) is 5.69 Å². The molecule has 144 valence electrons. The maximum Gasteiger partial charge on any atom is 0.227 e. The van der Waals surface area contributed by atoms with E-state index in [1.54, 1.807) is 11.0 Å². The molecule has 1 aliphatic carbocycles. The first kappa shape index (κ1) is 18.4. The number of amides is 1. The zero-order valence-corrected chi connectivity index (χ0v) is 16.5. The molecule has 0 saturated carbocycles. The van der Waals surface area contributed by atoms with Crippen molar-refractivity contribution in [2.45, 2.75) is 45.1 Å². The summed E-state index contributed by atoms with van der Waals surface area (Å²) in [4.78, 5) is 18.7. The molecule has 1 heterocycles. The van der Waals surface area contributed by atoms with E-state index in [9.17, 15) is 4.79 Å². The molecule has 0 spiro atoms. The number of nitrogens with zero attached hydrogens (tertiary/aromatic N) is 4. The average molecular weight is 374 g/mol. The summed E-state index contributed by atoms with van der Waals surface area (Å²) >= 11 is 0. The molecule has 1 atom stereocenters. The predicted octanol–water partition coefficient (Wildman–Crippen LogP) is 3.91. The fraction of sp³-hybridized carbons (Fsp3) is 0.348. The second-order valence-electron chi connectivity index (χ2n) is 7.60. The van der Waals surface area contributed by atoms with Gasteiger partial charge < -0.3 is 4.90 Å². The number of aryl methyl sites for hydroxylation is 2. The van der Waals surface area contributed by atoms with Gasteiger partial charge in [0, 0.05) is 7.05 Å². The molecule has 3 aromatic rings. The fourth-order valence-corrected chi connectivity index (χ4v) is 3.88. The predicted molar refractivity (Wildman–Crippen MR) is 109 cm³/mol. The van der Waals surface area contributed by atoms with E-state index in [-0.39, 0.29) is 11.9 Å². The summed E-state index contributed by atoms with van der Waals surface area (Å²) in [7, 11) is 1.89. The Balaban J connectivity index is 1.43. The van der Waals surface area contributed by atoms with Gasteiger partial charge in [-0.1, -0.05) is 30.3 Å². The molecular weight excluding hydrogens is 348 g/mol. The maximum atomic E-state index is 12.9. The van der Waals surface area contributed by atoms with E-state index in [0.29, 0.717) is 6.42 Å². The van der Waals surface area contributed by atoms with Crippen molar-refractivity contribution >= 4 is 5.91 Å². The Morgan fingerprint density at radius 2 is 1.86 bits per heavy atom. The van der Waals surface area contributed by atoms with Crippen molar-refractivity contribution in [3.05, 3.63) is 77.4 Å². The van der Waals surface area contributed by atoms with Gasteiger partial charge in [-0.2, -0.15) is 5.10 Å². The number of carbonyl (C=O) groups is 1. The Morgan fingerprint density at radius 1 is 1.11 bits per heavy atom. The van der Waals surface area contributed by atoms with E-state index >= 15 is 0 Å². The second-order valence-corrected chi connectivity index (χ2v) is 7.60. The Hall–Kier alpha value is -2.95. The highest BCUT2D eigenvalue weighted by molar-refractivity contribution is 5.79. The Bertz CT molecular complexity index is 947. The molecule has 4 rings (SSSR count). The quantitative estimate of drug-likeness (QED) is 0.680. The van der Waals surface area contributed by atoms with E-state index in [4.69, 9.17) is 0 Å². The average Bonchev–Trinajstić information content (AvgIpc) is 3.27. The van der Waals surface area contributed by atoms with Crippen molar-refractivity contribution in [2.24, 2.45) is 0 Å². The van der Waals surface area contributed by atoms with Crippen LogP contribution in [0, 0.1) is 0 Å². The first-order valence-electron chi connectivity index (χ1n) is 9.93. The lowest BCUT2D eigenvalue weighted by Crippen LogP contribution is -2.31. The minimum Gasteiger partial charge on any atom is -0.339 e. The minimum atomic E-state index is 0.00919. The third-order valence-corrected chi connectivity index (χ3v) is 5.80. The molecule has 28 heavy (non-hydrogen) atoms.